The Morgan fingerprint density at radius 3 is 2.46 bits per heavy atom. The van der Waals surface area contributed by atoms with Gasteiger partial charge < -0.3 is 15.2 Å². The number of amides is 1. The summed E-state index contributed by atoms with van der Waals surface area (Å²) < 4.78 is 4.77. The molecule has 0 bridgehead atoms. The smallest absolute Gasteiger partial charge is 0.307 e. The van der Waals surface area contributed by atoms with Crippen LogP contribution in [0.2, 0.25) is 0 Å². The van der Waals surface area contributed by atoms with Gasteiger partial charge in [0.25, 0.3) is 0 Å². The molecule has 1 fully saturated rings. The van der Waals surface area contributed by atoms with Gasteiger partial charge in [-0.3, -0.25) is 14.4 Å². The van der Waals surface area contributed by atoms with Crippen molar-refractivity contribution >= 4 is 17.8 Å². The minimum Gasteiger partial charge on any atom is -0.481 e. The van der Waals surface area contributed by atoms with Crippen LogP contribution in [0.15, 0.2) is 18.2 Å². The van der Waals surface area contributed by atoms with Gasteiger partial charge in [-0.15, -0.1) is 0 Å². The summed E-state index contributed by atoms with van der Waals surface area (Å²) in [6, 6.07) is 5.32. The van der Waals surface area contributed by atoms with Crippen molar-refractivity contribution in [2.45, 2.75) is 52.0 Å². The zero-order valence-electron chi connectivity index (χ0n) is 15.6. The molecule has 26 heavy (non-hydrogen) atoms. The first-order valence-electron chi connectivity index (χ1n) is 9.00. The number of carbonyl (C=O) groups is 3. The minimum absolute atomic E-state index is 0.0109. The van der Waals surface area contributed by atoms with Crippen molar-refractivity contribution in [1.29, 1.82) is 0 Å². The number of methoxy groups -OCH3 is 1. The summed E-state index contributed by atoms with van der Waals surface area (Å²) >= 11 is 0. The second-order valence-corrected chi connectivity index (χ2v) is 7.04. The molecule has 0 heterocycles. The fourth-order valence-corrected chi connectivity index (χ4v) is 3.64. The standard InChI is InChI=1S/C20H27NO5/c1-12-8-9-13(2)16(10-12)17(11-18(22)26-3)21-19(23)14-6-4-5-7-15(14)20(24)25/h8-10,14-15,17H,4-7,11H2,1-3H3,(H,21,23)(H,24,25)/t14-,15+,17-/m1/s1. The molecule has 1 amide bonds. The molecular weight excluding hydrogens is 334 g/mol. The van der Waals surface area contributed by atoms with Gasteiger partial charge in [0.05, 0.1) is 31.4 Å². The predicted octanol–water partition coefficient (Wildman–Crippen LogP) is 2.91. The summed E-state index contributed by atoms with van der Waals surface area (Å²) in [6.45, 7) is 3.87. The summed E-state index contributed by atoms with van der Waals surface area (Å²) in [7, 11) is 1.31. The topological polar surface area (TPSA) is 92.7 Å². The molecule has 6 heteroatoms. The van der Waals surface area contributed by atoms with E-state index in [0.717, 1.165) is 29.5 Å². The van der Waals surface area contributed by atoms with Gasteiger partial charge in [-0.2, -0.15) is 0 Å². The molecule has 2 rings (SSSR count). The van der Waals surface area contributed by atoms with Crippen LogP contribution in [0.1, 0.15) is 54.8 Å². The fourth-order valence-electron chi connectivity index (χ4n) is 3.64. The van der Waals surface area contributed by atoms with Crippen LogP contribution < -0.4 is 5.32 Å². The Bertz CT molecular complexity index is 685. The quantitative estimate of drug-likeness (QED) is 0.760. The summed E-state index contributed by atoms with van der Waals surface area (Å²) in [6.07, 6.45) is 2.74. The van der Waals surface area contributed by atoms with Crippen molar-refractivity contribution in [2.75, 3.05) is 7.11 Å². The van der Waals surface area contributed by atoms with Crippen LogP contribution >= 0.6 is 0 Å². The highest BCUT2D eigenvalue weighted by Gasteiger charge is 2.36. The van der Waals surface area contributed by atoms with Gasteiger partial charge >= 0.3 is 11.9 Å². The van der Waals surface area contributed by atoms with E-state index in [0.29, 0.717) is 12.8 Å². The largest absolute Gasteiger partial charge is 0.481 e. The van der Waals surface area contributed by atoms with Crippen LogP contribution in [0.3, 0.4) is 0 Å². The number of ether oxygens (including phenoxy) is 1. The maximum atomic E-state index is 12.8. The Balaban J connectivity index is 2.25. The van der Waals surface area contributed by atoms with E-state index in [2.05, 4.69) is 5.32 Å². The van der Waals surface area contributed by atoms with E-state index in [-0.39, 0.29) is 12.3 Å². The number of aryl methyl sites for hydroxylation is 2. The molecule has 2 N–H and O–H groups in total. The van der Waals surface area contributed by atoms with Gasteiger partial charge in [-0.25, -0.2) is 0 Å². The average molecular weight is 361 g/mol. The molecule has 0 unspecified atom stereocenters. The molecule has 6 nitrogen and oxygen atoms in total. The second-order valence-electron chi connectivity index (χ2n) is 7.04. The molecule has 0 radical (unpaired) electrons. The second kappa shape index (κ2) is 8.83. The number of aliphatic carboxylic acids is 1. The molecule has 3 atom stereocenters. The van der Waals surface area contributed by atoms with Gasteiger partial charge in [-0.05, 0) is 37.8 Å². The van der Waals surface area contributed by atoms with E-state index in [1.54, 1.807) is 0 Å². The van der Waals surface area contributed by atoms with Gasteiger partial charge in [0.2, 0.25) is 5.91 Å². The molecule has 142 valence electrons. The van der Waals surface area contributed by atoms with E-state index >= 15 is 0 Å². The lowest BCUT2D eigenvalue weighted by Gasteiger charge is -2.30. The third-order valence-corrected chi connectivity index (χ3v) is 5.15. The van der Waals surface area contributed by atoms with Crippen molar-refractivity contribution in [3.8, 4) is 0 Å². The van der Waals surface area contributed by atoms with Crippen LogP contribution in [0.25, 0.3) is 0 Å². The van der Waals surface area contributed by atoms with Crippen molar-refractivity contribution in [3.05, 3.63) is 34.9 Å². The van der Waals surface area contributed by atoms with Crippen molar-refractivity contribution in [3.63, 3.8) is 0 Å². The normalized spacial score (nSPS) is 20.9. The fraction of sp³-hybridized carbons (Fsp3) is 0.550. The molecule has 1 saturated carbocycles. The highest BCUT2D eigenvalue weighted by atomic mass is 16.5. The van der Waals surface area contributed by atoms with Gasteiger partial charge in [0.15, 0.2) is 0 Å². The van der Waals surface area contributed by atoms with E-state index in [9.17, 15) is 19.5 Å². The third-order valence-electron chi connectivity index (χ3n) is 5.15. The molecule has 1 aromatic carbocycles. The number of hydrogen-bond acceptors (Lipinski definition) is 4. The lowest BCUT2D eigenvalue weighted by Crippen LogP contribution is -2.41. The molecule has 0 spiro atoms. The van der Waals surface area contributed by atoms with Crippen LogP contribution in [-0.2, 0) is 19.1 Å². The number of carboxylic acid groups (broad SMARTS) is 1. The zero-order chi connectivity index (χ0) is 19.3. The number of esters is 1. The Morgan fingerprint density at radius 1 is 1.19 bits per heavy atom. The lowest BCUT2D eigenvalue weighted by atomic mass is 9.78. The molecule has 1 aliphatic carbocycles. The van der Waals surface area contributed by atoms with Crippen molar-refractivity contribution in [1.82, 2.24) is 5.32 Å². The Hall–Kier alpha value is -2.37. The van der Waals surface area contributed by atoms with Crippen LogP contribution in [0, 0.1) is 25.7 Å². The monoisotopic (exact) mass is 361 g/mol. The van der Waals surface area contributed by atoms with Crippen molar-refractivity contribution in [2.24, 2.45) is 11.8 Å². The first-order valence-corrected chi connectivity index (χ1v) is 9.00. The van der Waals surface area contributed by atoms with E-state index in [4.69, 9.17) is 4.74 Å². The van der Waals surface area contributed by atoms with Crippen LogP contribution in [0.4, 0.5) is 0 Å². The number of hydrogen-bond donors (Lipinski definition) is 2. The summed E-state index contributed by atoms with van der Waals surface area (Å²) in [5, 5.41) is 12.3. The molecular formula is C20H27NO5. The Morgan fingerprint density at radius 2 is 1.85 bits per heavy atom. The maximum Gasteiger partial charge on any atom is 0.307 e. The predicted molar refractivity (Wildman–Crippen MR) is 96.5 cm³/mol. The molecule has 0 aromatic heterocycles. The van der Waals surface area contributed by atoms with Gasteiger partial charge in [0, 0.05) is 0 Å². The molecule has 1 aliphatic rings. The number of carboxylic acids is 1. The maximum absolute atomic E-state index is 12.8. The number of carbonyl (C=O) groups excluding carboxylic acids is 2. The number of benzene rings is 1. The highest BCUT2D eigenvalue weighted by molar-refractivity contribution is 5.85. The average Bonchev–Trinajstić information content (AvgIpc) is 2.62. The molecule has 1 aromatic rings. The molecule has 0 saturated heterocycles. The Labute approximate surface area is 153 Å². The number of rotatable bonds is 6. The van der Waals surface area contributed by atoms with Gasteiger partial charge in [-0.1, -0.05) is 36.6 Å². The zero-order valence-corrected chi connectivity index (χ0v) is 15.6. The Kier molecular flexibility index (Phi) is 6.77. The van der Waals surface area contributed by atoms with Gasteiger partial charge in [0.1, 0.15) is 0 Å². The van der Waals surface area contributed by atoms with E-state index < -0.39 is 29.8 Å². The third kappa shape index (κ3) is 4.84. The highest BCUT2D eigenvalue weighted by Crippen LogP contribution is 2.32. The summed E-state index contributed by atoms with van der Waals surface area (Å²) in [5.74, 6) is -2.88. The van der Waals surface area contributed by atoms with Crippen LogP contribution in [0.5, 0.6) is 0 Å². The van der Waals surface area contributed by atoms with E-state index in [1.807, 2.05) is 32.0 Å². The minimum atomic E-state index is -0.930. The summed E-state index contributed by atoms with van der Waals surface area (Å²) in [4.78, 5) is 36.2. The lowest BCUT2D eigenvalue weighted by molar-refractivity contribution is -0.149. The van der Waals surface area contributed by atoms with Crippen molar-refractivity contribution < 1.29 is 24.2 Å². The summed E-state index contributed by atoms with van der Waals surface area (Å²) in [5.41, 5.74) is 2.84. The first-order chi connectivity index (χ1) is 12.3. The first kappa shape index (κ1) is 19.9. The van der Waals surface area contributed by atoms with Crippen LogP contribution in [-0.4, -0.2) is 30.1 Å². The van der Waals surface area contributed by atoms with E-state index in [1.165, 1.54) is 7.11 Å². The number of nitrogens with one attached hydrogen (secondary N) is 1. The SMILES string of the molecule is COC(=O)C[C@@H](NC(=O)[C@@H]1CCCC[C@@H]1C(=O)O)c1cc(C)ccc1C. The molecule has 0 aliphatic heterocycles.